The first-order chi connectivity index (χ1) is 11.6. The number of rotatable bonds is 5. The van der Waals surface area contributed by atoms with Crippen molar-refractivity contribution in [1.29, 1.82) is 0 Å². The lowest BCUT2D eigenvalue weighted by molar-refractivity contribution is 0.0943. The summed E-state index contributed by atoms with van der Waals surface area (Å²) in [6.45, 7) is 2.37. The number of aromatic nitrogens is 1. The zero-order chi connectivity index (χ0) is 16.9. The van der Waals surface area contributed by atoms with Crippen LogP contribution in [0.25, 0.3) is 0 Å². The number of amides is 1. The molecule has 1 aromatic carbocycles. The first kappa shape index (κ1) is 16.3. The van der Waals surface area contributed by atoms with Crippen LogP contribution in [0.3, 0.4) is 0 Å². The van der Waals surface area contributed by atoms with E-state index < -0.39 is 0 Å². The number of aryl methyl sites for hydroxylation is 1. The number of hydrogen-bond donors (Lipinski definition) is 2. The summed E-state index contributed by atoms with van der Waals surface area (Å²) in [5.74, 6) is 0.461. The highest BCUT2D eigenvalue weighted by atomic mass is 79.9. The van der Waals surface area contributed by atoms with Crippen molar-refractivity contribution in [1.82, 2.24) is 10.3 Å². The van der Waals surface area contributed by atoms with E-state index in [0.717, 1.165) is 15.8 Å². The highest BCUT2D eigenvalue weighted by Gasteiger charge is 2.08. The number of benzene rings is 1. The molecule has 2 N–H and O–H groups in total. The Morgan fingerprint density at radius 2 is 2.04 bits per heavy atom. The van der Waals surface area contributed by atoms with E-state index in [2.05, 4.69) is 31.5 Å². The van der Waals surface area contributed by atoms with E-state index in [-0.39, 0.29) is 5.91 Å². The minimum Gasteiger partial charge on any atom is -0.467 e. The van der Waals surface area contributed by atoms with Crippen LogP contribution in [0, 0.1) is 6.92 Å². The fourth-order valence-corrected chi connectivity index (χ4v) is 2.49. The Bertz CT molecular complexity index is 830. The van der Waals surface area contributed by atoms with E-state index in [1.165, 1.54) is 5.56 Å². The molecule has 0 aliphatic rings. The van der Waals surface area contributed by atoms with Gasteiger partial charge in [-0.25, -0.2) is 4.98 Å². The lowest BCUT2D eigenvalue weighted by Gasteiger charge is -2.08. The average molecular weight is 386 g/mol. The Morgan fingerprint density at radius 1 is 1.21 bits per heavy atom. The molecule has 0 saturated heterocycles. The Morgan fingerprint density at radius 3 is 2.71 bits per heavy atom. The number of carbonyl (C=O) groups excluding carboxylic acids is 1. The van der Waals surface area contributed by atoms with Gasteiger partial charge in [0, 0.05) is 10.2 Å². The van der Waals surface area contributed by atoms with Crippen molar-refractivity contribution in [3.63, 3.8) is 0 Å². The number of furan rings is 1. The second kappa shape index (κ2) is 7.31. The van der Waals surface area contributed by atoms with E-state index in [0.29, 0.717) is 18.0 Å². The summed E-state index contributed by atoms with van der Waals surface area (Å²) in [6.07, 6.45) is 3.21. The number of pyridine rings is 1. The Labute approximate surface area is 148 Å². The number of hydrogen-bond acceptors (Lipinski definition) is 4. The molecule has 0 spiro atoms. The molecule has 24 heavy (non-hydrogen) atoms. The molecule has 0 aliphatic carbocycles. The van der Waals surface area contributed by atoms with Gasteiger partial charge in [-0.3, -0.25) is 4.79 Å². The van der Waals surface area contributed by atoms with Crippen LogP contribution >= 0.6 is 15.9 Å². The maximum absolute atomic E-state index is 12.0. The van der Waals surface area contributed by atoms with Gasteiger partial charge in [0.05, 0.1) is 24.7 Å². The number of nitrogens with zero attached hydrogens (tertiary/aromatic N) is 1. The topological polar surface area (TPSA) is 67.2 Å². The SMILES string of the molecule is Cc1ccc(Nc2ccc(C(=O)NCc3ccco3)nc2)cc1Br. The highest BCUT2D eigenvalue weighted by molar-refractivity contribution is 9.10. The van der Waals surface area contributed by atoms with Gasteiger partial charge in [0.15, 0.2) is 0 Å². The molecule has 3 aromatic rings. The van der Waals surface area contributed by atoms with Crippen molar-refractivity contribution in [2.45, 2.75) is 13.5 Å². The smallest absolute Gasteiger partial charge is 0.270 e. The molecule has 0 fully saturated rings. The second-order valence-electron chi connectivity index (χ2n) is 5.28. The molecule has 0 bridgehead atoms. The van der Waals surface area contributed by atoms with Crippen molar-refractivity contribution in [2.75, 3.05) is 5.32 Å². The summed E-state index contributed by atoms with van der Waals surface area (Å²) in [4.78, 5) is 16.2. The van der Waals surface area contributed by atoms with E-state index in [1.54, 1.807) is 30.7 Å². The Balaban J connectivity index is 1.62. The molecular formula is C18H16BrN3O2. The van der Waals surface area contributed by atoms with Gasteiger partial charge in [0.1, 0.15) is 11.5 Å². The van der Waals surface area contributed by atoms with E-state index in [4.69, 9.17) is 4.42 Å². The second-order valence-corrected chi connectivity index (χ2v) is 6.14. The minimum absolute atomic E-state index is 0.240. The number of carbonyl (C=O) groups is 1. The molecule has 2 aromatic heterocycles. The van der Waals surface area contributed by atoms with Crippen molar-refractivity contribution in [3.8, 4) is 0 Å². The van der Waals surface area contributed by atoms with Crippen LogP contribution in [0.5, 0.6) is 0 Å². The molecule has 0 aliphatic heterocycles. The van der Waals surface area contributed by atoms with Gasteiger partial charge in [0.25, 0.3) is 5.91 Å². The molecule has 5 nitrogen and oxygen atoms in total. The fraction of sp³-hybridized carbons (Fsp3) is 0.111. The van der Waals surface area contributed by atoms with E-state index >= 15 is 0 Å². The lowest BCUT2D eigenvalue weighted by atomic mass is 10.2. The maximum atomic E-state index is 12.0. The predicted octanol–water partition coefficient (Wildman–Crippen LogP) is 4.42. The quantitative estimate of drug-likeness (QED) is 0.681. The average Bonchev–Trinajstić information content (AvgIpc) is 3.10. The van der Waals surface area contributed by atoms with Crippen LogP contribution in [-0.2, 0) is 6.54 Å². The van der Waals surface area contributed by atoms with Crippen LogP contribution in [-0.4, -0.2) is 10.9 Å². The van der Waals surface area contributed by atoms with Gasteiger partial charge in [-0.1, -0.05) is 22.0 Å². The molecule has 0 saturated carbocycles. The molecule has 0 unspecified atom stereocenters. The highest BCUT2D eigenvalue weighted by Crippen LogP contribution is 2.23. The Hall–Kier alpha value is -2.60. The van der Waals surface area contributed by atoms with Gasteiger partial charge in [-0.15, -0.1) is 0 Å². The third-order valence-corrected chi connectivity index (χ3v) is 4.31. The van der Waals surface area contributed by atoms with E-state index in [1.807, 2.05) is 31.2 Å². The van der Waals surface area contributed by atoms with Crippen LogP contribution in [0.4, 0.5) is 11.4 Å². The van der Waals surface area contributed by atoms with Gasteiger partial charge in [-0.2, -0.15) is 0 Å². The van der Waals surface area contributed by atoms with Crippen LogP contribution in [0.1, 0.15) is 21.8 Å². The zero-order valence-electron chi connectivity index (χ0n) is 13.0. The minimum atomic E-state index is -0.240. The summed E-state index contributed by atoms with van der Waals surface area (Å²) in [5.41, 5.74) is 3.29. The van der Waals surface area contributed by atoms with Gasteiger partial charge in [0.2, 0.25) is 0 Å². The zero-order valence-corrected chi connectivity index (χ0v) is 14.6. The van der Waals surface area contributed by atoms with Gasteiger partial charge in [-0.05, 0) is 48.9 Å². The Kier molecular flexibility index (Phi) is 4.96. The van der Waals surface area contributed by atoms with Crippen LogP contribution < -0.4 is 10.6 Å². The number of halogens is 1. The molecule has 0 atom stereocenters. The van der Waals surface area contributed by atoms with E-state index in [9.17, 15) is 4.79 Å². The van der Waals surface area contributed by atoms with Gasteiger partial charge >= 0.3 is 0 Å². The van der Waals surface area contributed by atoms with Gasteiger partial charge < -0.3 is 15.1 Å². The summed E-state index contributed by atoms with van der Waals surface area (Å²) in [6, 6.07) is 13.1. The first-order valence-electron chi connectivity index (χ1n) is 7.41. The molecule has 6 heteroatoms. The predicted molar refractivity (Wildman–Crippen MR) is 96.3 cm³/mol. The standard InChI is InChI=1S/C18H16BrN3O2/c1-12-4-5-13(9-16(12)19)22-14-6-7-17(20-10-14)18(23)21-11-15-3-2-8-24-15/h2-10,22H,11H2,1H3,(H,21,23). The van der Waals surface area contributed by atoms with Crippen LogP contribution in [0.2, 0.25) is 0 Å². The largest absolute Gasteiger partial charge is 0.467 e. The maximum Gasteiger partial charge on any atom is 0.270 e. The molecule has 1 amide bonds. The summed E-state index contributed by atoms with van der Waals surface area (Å²) in [7, 11) is 0. The summed E-state index contributed by atoms with van der Waals surface area (Å²) >= 11 is 3.51. The third kappa shape index (κ3) is 4.02. The monoisotopic (exact) mass is 385 g/mol. The lowest BCUT2D eigenvalue weighted by Crippen LogP contribution is -2.23. The summed E-state index contributed by atoms with van der Waals surface area (Å²) in [5, 5.41) is 6.02. The summed E-state index contributed by atoms with van der Waals surface area (Å²) < 4.78 is 6.21. The number of anilines is 2. The number of nitrogens with one attached hydrogen (secondary N) is 2. The molecule has 2 heterocycles. The normalized spacial score (nSPS) is 10.4. The molecule has 122 valence electrons. The fourth-order valence-electron chi connectivity index (χ4n) is 2.11. The molecular weight excluding hydrogens is 370 g/mol. The van der Waals surface area contributed by atoms with Crippen molar-refractivity contribution in [2.24, 2.45) is 0 Å². The van der Waals surface area contributed by atoms with Crippen molar-refractivity contribution >= 4 is 33.2 Å². The molecule has 3 rings (SSSR count). The van der Waals surface area contributed by atoms with Crippen LogP contribution in [0.15, 0.2) is 63.8 Å². The third-order valence-electron chi connectivity index (χ3n) is 3.46. The van der Waals surface area contributed by atoms with Crippen molar-refractivity contribution < 1.29 is 9.21 Å². The van der Waals surface area contributed by atoms with Crippen molar-refractivity contribution in [3.05, 3.63) is 76.4 Å². The molecule has 0 radical (unpaired) electrons. The first-order valence-corrected chi connectivity index (χ1v) is 8.21.